The summed E-state index contributed by atoms with van der Waals surface area (Å²) in [5, 5.41) is 11.1. The van der Waals surface area contributed by atoms with Crippen LogP contribution in [0.2, 0.25) is 0 Å². The zero-order valence-corrected chi connectivity index (χ0v) is 21.0. The summed E-state index contributed by atoms with van der Waals surface area (Å²) in [5.41, 5.74) is 5.24. The maximum Gasteiger partial charge on any atom is 0.408 e. The Morgan fingerprint density at radius 1 is 1.06 bits per heavy atom. The van der Waals surface area contributed by atoms with Gasteiger partial charge >= 0.3 is 12.1 Å². The number of piperidine rings is 1. The number of hydroxylamine groups is 2. The summed E-state index contributed by atoms with van der Waals surface area (Å²) in [6, 6.07) is 7.86. The van der Waals surface area contributed by atoms with Crippen LogP contribution in [0.15, 0.2) is 30.3 Å². The molecule has 3 fully saturated rings. The normalized spacial score (nSPS) is 25.6. The van der Waals surface area contributed by atoms with Crippen molar-refractivity contribution in [1.29, 1.82) is 0 Å². The smallest absolute Gasteiger partial charge is 0.408 e. The fourth-order valence-corrected chi connectivity index (χ4v) is 5.57. The van der Waals surface area contributed by atoms with Crippen LogP contribution in [0.4, 0.5) is 9.59 Å². The average molecular weight is 502 g/mol. The van der Waals surface area contributed by atoms with Crippen molar-refractivity contribution >= 4 is 23.9 Å². The van der Waals surface area contributed by atoms with Gasteiger partial charge in [0.1, 0.15) is 12.6 Å². The number of carboxylic acid groups (broad SMARTS) is 1. The summed E-state index contributed by atoms with van der Waals surface area (Å²) >= 11 is 0. The Bertz CT molecular complexity index is 996. The summed E-state index contributed by atoms with van der Waals surface area (Å²) in [7, 11) is 0. The quantitative estimate of drug-likeness (QED) is 0.513. The summed E-state index contributed by atoms with van der Waals surface area (Å²) in [4.78, 5) is 59.3. The van der Waals surface area contributed by atoms with E-state index >= 15 is 0 Å². The van der Waals surface area contributed by atoms with Gasteiger partial charge in [0.05, 0.1) is 12.0 Å². The molecule has 196 valence electrons. The van der Waals surface area contributed by atoms with E-state index in [1.165, 1.54) is 14.9 Å². The minimum Gasteiger partial charge on any atom is -0.465 e. The number of hydrogen-bond donors (Lipinski definition) is 3. The van der Waals surface area contributed by atoms with Gasteiger partial charge in [-0.15, -0.1) is 0 Å². The number of carbonyl (C=O) groups excluding carboxylic acids is 3. The van der Waals surface area contributed by atoms with Gasteiger partial charge in [0.2, 0.25) is 5.91 Å². The van der Waals surface area contributed by atoms with Gasteiger partial charge in [0, 0.05) is 18.1 Å². The second-order valence-corrected chi connectivity index (χ2v) is 10.7. The second kappa shape index (κ2) is 10.3. The van der Waals surface area contributed by atoms with Crippen molar-refractivity contribution < 1.29 is 29.1 Å². The lowest BCUT2D eigenvalue weighted by Crippen LogP contribution is -2.58. The Morgan fingerprint density at radius 3 is 2.42 bits per heavy atom. The third-order valence-corrected chi connectivity index (χ3v) is 7.22. The van der Waals surface area contributed by atoms with Crippen molar-refractivity contribution in [3.63, 3.8) is 0 Å². The van der Waals surface area contributed by atoms with E-state index in [0.717, 1.165) is 12.0 Å². The molecule has 1 aromatic carbocycles. The van der Waals surface area contributed by atoms with E-state index < -0.39 is 41.4 Å². The van der Waals surface area contributed by atoms with E-state index in [2.05, 4.69) is 10.9 Å². The van der Waals surface area contributed by atoms with Crippen molar-refractivity contribution in [2.24, 2.45) is 5.92 Å². The minimum atomic E-state index is -1.07. The summed E-state index contributed by atoms with van der Waals surface area (Å²) in [6.07, 6.45) is 1.83. The van der Waals surface area contributed by atoms with E-state index in [4.69, 9.17) is 4.84 Å². The first-order chi connectivity index (χ1) is 17.1. The van der Waals surface area contributed by atoms with Gasteiger partial charge in [-0.1, -0.05) is 36.8 Å². The molecule has 0 spiro atoms. The number of hydrazine groups is 1. The van der Waals surface area contributed by atoms with Crippen LogP contribution in [-0.4, -0.2) is 74.1 Å². The Labute approximate surface area is 210 Å². The topological polar surface area (TPSA) is 132 Å². The highest BCUT2D eigenvalue weighted by Crippen LogP contribution is 2.34. The van der Waals surface area contributed by atoms with Crippen LogP contribution in [0.1, 0.15) is 58.4 Å². The van der Waals surface area contributed by atoms with Crippen molar-refractivity contribution in [2.75, 3.05) is 6.54 Å². The molecule has 3 aliphatic rings. The molecule has 1 aromatic rings. The van der Waals surface area contributed by atoms with E-state index in [1.54, 1.807) is 20.8 Å². The third kappa shape index (κ3) is 5.25. The Morgan fingerprint density at radius 2 is 1.75 bits per heavy atom. The highest BCUT2D eigenvalue weighted by atomic mass is 16.7. The summed E-state index contributed by atoms with van der Waals surface area (Å²) in [6.45, 7) is 6.03. The fraction of sp³-hybridized carbons (Fsp3) is 0.600. The fourth-order valence-electron chi connectivity index (χ4n) is 5.57. The minimum absolute atomic E-state index is 0.126. The van der Waals surface area contributed by atoms with Gasteiger partial charge in [0.25, 0.3) is 5.91 Å². The molecule has 0 unspecified atom stereocenters. The Kier molecular flexibility index (Phi) is 7.39. The van der Waals surface area contributed by atoms with Crippen molar-refractivity contribution in [2.45, 2.75) is 83.1 Å². The van der Waals surface area contributed by atoms with Crippen LogP contribution in [0.25, 0.3) is 0 Å². The van der Waals surface area contributed by atoms with Crippen LogP contribution >= 0.6 is 0 Å². The van der Waals surface area contributed by atoms with Gasteiger partial charge in [-0.05, 0) is 52.0 Å². The van der Waals surface area contributed by atoms with Crippen molar-refractivity contribution in [3.05, 3.63) is 35.9 Å². The maximum absolute atomic E-state index is 12.9. The molecule has 2 heterocycles. The lowest BCUT2D eigenvalue weighted by molar-refractivity contribution is -0.140. The zero-order chi connectivity index (χ0) is 26.0. The highest BCUT2D eigenvalue weighted by molar-refractivity contribution is 5.90. The van der Waals surface area contributed by atoms with Gasteiger partial charge in [0.15, 0.2) is 0 Å². The highest BCUT2D eigenvalue weighted by Gasteiger charge is 2.48. The van der Waals surface area contributed by atoms with E-state index in [0.29, 0.717) is 32.2 Å². The zero-order valence-electron chi connectivity index (χ0n) is 21.0. The molecule has 2 bridgehead atoms. The van der Waals surface area contributed by atoms with Crippen molar-refractivity contribution in [1.82, 2.24) is 25.7 Å². The Hall–Kier alpha value is -3.34. The number of hydrogen-bond acceptors (Lipinski definition) is 5. The lowest BCUT2D eigenvalue weighted by atomic mass is 9.96. The molecular weight excluding hydrogens is 466 g/mol. The second-order valence-electron chi connectivity index (χ2n) is 10.7. The molecule has 3 N–H and O–H groups in total. The number of amides is 5. The maximum atomic E-state index is 12.9. The summed E-state index contributed by atoms with van der Waals surface area (Å²) in [5.74, 6) is -1.46. The van der Waals surface area contributed by atoms with Crippen LogP contribution in [0.3, 0.4) is 0 Å². The van der Waals surface area contributed by atoms with E-state index in [-0.39, 0.29) is 18.7 Å². The number of nitrogens with zero attached hydrogens (tertiary/aromatic N) is 3. The van der Waals surface area contributed by atoms with Crippen LogP contribution < -0.4 is 10.9 Å². The molecule has 4 atom stereocenters. The van der Waals surface area contributed by atoms with Gasteiger partial charge in [-0.25, -0.2) is 9.59 Å². The molecular formula is C25H35N5O6. The number of benzene rings is 1. The predicted octanol–water partition coefficient (Wildman–Crippen LogP) is 2.48. The molecule has 2 aliphatic heterocycles. The first kappa shape index (κ1) is 25.7. The molecule has 5 amide bonds. The molecule has 4 rings (SSSR count). The largest absolute Gasteiger partial charge is 0.465 e. The standard InChI is InChI=1S/C25H35N5O6/c1-25(2,3)29(24(34)35)19-11-7-10-18(19)21(31)26-27-22(32)20-13-12-17-14-28(20)23(33)30(17)36-15-16-8-5-4-6-9-16/h4-6,8-9,17-20H,7,10-15H2,1-3H3,(H,26,31)(H,27,32)(H,34,35)/t17-,18-,19-,20+/m1/s1. The number of nitrogens with one attached hydrogen (secondary N) is 2. The molecule has 0 aromatic heterocycles. The Balaban J connectivity index is 1.32. The molecule has 1 aliphatic carbocycles. The number of urea groups is 1. The van der Waals surface area contributed by atoms with E-state index in [1.807, 2.05) is 30.3 Å². The summed E-state index contributed by atoms with van der Waals surface area (Å²) < 4.78 is 0. The van der Waals surface area contributed by atoms with Crippen LogP contribution in [0, 0.1) is 5.92 Å². The average Bonchev–Trinajstić information content (AvgIpc) is 3.39. The SMILES string of the molecule is CC(C)(C)N(C(=O)O)[C@@H]1CCC[C@H]1C(=O)NNC(=O)[C@@H]1CC[C@@H]2CN1C(=O)N2OCc1ccccc1. The molecule has 2 saturated heterocycles. The molecule has 1 saturated carbocycles. The number of rotatable bonds is 6. The predicted molar refractivity (Wildman–Crippen MR) is 129 cm³/mol. The number of carbonyl (C=O) groups is 4. The molecule has 11 heteroatoms. The van der Waals surface area contributed by atoms with Gasteiger partial charge in [-0.3, -0.25) is 30.2 Å². The lowest BCUT2D eigenvalue weighted by Gasteiger charge is -2.40. The molecule has 36 heavy (non-hydrogen) atoms. The monoisotopic (exact) mass is 501 g/mol. The molecule has 0 radical (unpaired) electrons. The van der Waals surface area contributed by atoms with E-state index in [9.17, 15) is 24.3 Å². The molecule has 11 nitrogen and oxygen atoms in total. The number of fused-ring (bicyclic) bond motifs is 2. The van der Waals surface area contributed by atoms with Crippen LogP contribution in [-0.2, 0) is 21.0 Å². The van der Waals surface area contributed by atoms with Crippen LogP contribution in [0.5, 0.6) is 0 Å². The first-order valence-corrected chi connectivity index (χ1v) is 12.5. The third-order valence-electron chi connectivity index (χ3n) is 7.22. The van der Waals surface area contributed by atoms with Gasteiger partial charge in [-0.2, -0.15) is 5.06 Å². The van der Waals surface area contributed by atoms with Gasteiger partial charge < -0.3 is 10.0 Å². The first-order valence-electron chi connectivity index (χ1n) is 12.5. The van der Waals surface area contributed by atoms with Crippen molar-refractivity contribution in [3.8, 4) is 0 Å².